The zero-order valence-corrected chi connectivity index (χ0v) is 18.6. The lowest BCUT2D eigenvalue weighted by molar-refractivity contribution is -0.121. The molecule has 1 aliphatic carbocycles. The van der Waals surface area contributed by atoms with E-state index in [9.17, 15) is 14.4 Å². The number of benzene rings is 2. The van der Waals surface area contributed by atoms with Crippen LogP contribution in [0.5, 0.6) is 0 Å². The summed E-state index contributed by atoms with van der Waals surface area (Å²) in [5.41, 5.74) is 0.773. The SMILES string of the molecule is CC(Sc1nnc(-c2ccccc2)n1-c1ccc(F)cc1)C(=O)NC1(C#N)CCCCC1. The molecule has 2 aromatic carbocycles. The Morgan fingerprint density at radius 2 is 1.81 bits per heavy atom. The number of halogens is 1. The van der Waals surface area contributed by atoms with Crippen molar-refractivity contribution in [2.75, 3.05) is 0 Å². The van der Waals surface area contributed by atoms with E-state index >= 15 is 0 Å². The van der Waals surface area contributed by atoms with Crippen LogP contribution in [0.25, 0.3) is 17.1 Å². The van der Waals surface area contributed by atoms with Crippen LogP contribution in [0.4, 0.5) is 4.39 Å². The van der Waals surface area contributed by atoms with Crippen molar-refractivity contribution in [3.63, 3.8) is 0 Å². The van der Waals surface area contributed by atoms with E-state index in [2.05, 4.69) is 21.6 Å². The number of thioether (sulfide) groups is 1. The highest BCUT2D eigenvalue weighted by atomic mass is 32.2. The maximum atomic E-state index is 13.5. The molecule has 0 spiro atoms. The average molecular weight is 450 g/mol. The normalized spacial score (nSPS) is 16.2. The van der Waals surface area contributed by atoms with Crippen molar-refractivity contribution in [2.24, 2.45) is 0 Å². The van der Waals surface area contributed by atoms with Gasteiger partial charge in [0.2, 0.25) is 5.91 Å². The number of amides is 1. The van der Waals surface area contributed by atoms with Crippen molar-refractivity contribution >= 4 is 17.7 Å². The van der Waals surface area contributed by atoms with Gasteiger partial charge in [0.1, 0.15) is 11.4 Å². The first-order chi connectivity index (χ1) is 15.5. The molecule has 0 saturated heterocycles. The van der Waals surface area contributed by atoms with E-state index in [4.69, 9.17) is 0 Å². The van der Waals surface area contributed by atoms with Crippen molar-refractivity contribution in [2.45, 2.75) is 55.0 Å². The summed E-state index contributed by atoms with van der Waals surface area (Å²) < 4.78 is 15.4. The first-order valence-corrected chi connectivity index (χ1v) is 11.6. The molecule has 164 valence electrons. The second kappa shape index (κ2) is 9.53. The molecule has 1 aliphatic rings. The van der Waals surface area contributed by atoms with Crippen LogP contribution in [0.1, 0.15) is 39.0 Å². The molecule has 1 fully saturated rings. The number of rotatable bonds is 6. The third-order valence-corrected chi connectivity index (χ3v) is 6.73. The highest BCUT2D eigenvalue weighted by Crippen LogP contribution is 2.32. The molecule has 1 aromatic heterocycles. The summed E-state index contributed by atoms with van der Waals surface area (Å²) in [4.78, 5) is 13.0. The number of nitrogens with zero attached hydrogens (tertiary/aromatic N) is 4. The predicted octanol–water partition coefficient (Wildman–Crippen LogP) is 4.90. The maximum Gasteiger partial charge on any atom is 0.234 e. The number of carbonyl (C=O) groups excluding carboxylic acids is 1. The highest BCUT2D eigenvalue weighted by molar-refractivity contribution is 8.00. The first-order valence-electron chi connectivity index (χ1n) is 10.7. The second-order valence-electron chi connectivity index (χ2n) is 7.99. The van der Waals surface area contributed by atoms with E-state index in [-0.39, 0.29) is 11.7 Å². The molecule has 1 saturated carbocycles. The zero-order valence-electron chi connectivity index (χ0n) is 17.8. The van der Waals surface area contributed by atoms with E-state index in [1.54, 1.807) is 19.1 Å². The van der Waals surface area contributed by atoms with Gasteiger partial charge in [-0.1, -0.05) is 61.4 Å². The largest absolute Gasteiger partial charge is 0.337 e. The van der Waals surface area contributed by atoms with Crippen LogP contribution in [0.15, 0.2) is 59.8 Å². The zero-order chi connectivity index (χ0) is 22.6. The summed E-state index contributed by atoms with van der Waals surface area (Å²) in [6.45, 7) is 1.79. The molecule has 0 bridgehead atoms. The average Bonchev–Trinajstić information content (AvgIpc) is 3.24. The fourth-order valence-corrected chi connectivity index (χ4v) is 4.78. The minimum Gasteiger partial charge on any atom is -0.337 e. The van der Waals surface area contributed by atoms with Crippen LogP contribution in [-0.2, 0) is 4.79 Å². The Morgan fingerprint density at radius 3 is 2.47 bits per heavy atom. The Balaban J connectivity index is 1.62. The molecule has 6 nitrogen and oxygen atoms in total. The topological polar surface area (TPSA) is 83.6 Å². The van der Waals surface area contributed by atoms with Crippen molar-refractivity contribution in [1.82, 2.24) is 20.1 Å². The highest BCUT2D eigenvalue weighted by Gasteiger charge is 2.35. The van der Waals surface area contributed by atoms with Gasteiger partial charge in [-0.25, -0.2) is 4.39 Å². The molecule has 0 radical (unpaired) electrons. The molecule has 8 heteroatoms. The van der Waals surface area contributed by atoms with Gasteiger partial charge in [0.15, 0.2) is 11.0 Å². The van der Waals surface area contributed by atoms with E-state index in [1.165, 1.54) is 23.9 Å². The Labute approximate surface area is 190 Å². The van der Waals surface area contributed by atoms with Gasteiger partial charge < -0.3 is 5.32 Å². The fraction of sp³-hybridized carbons (Fsp3) is 0.333. The number of hydrogen-bond acceptors (Lipinski definition) is 5. The molecular formula is C24H24FN5OS. The first kappa shape index (κ1) is 22.0. The Hall–Kier alpha value is -3.18. The summed E-state index contributed by atoms with van der Waals surface area (Å²) in [6, 6.07) is 18.0. The molecular weight excluding hydrogens is 425 g/mol. The van der Waals surface area contributed by atoms with Gasteiger partial charge in [0, 0.05) is 11.3 Å². The predicted molar refractivity (Wildman–Crippen MR) is 122 cm³/mol. The Morgan fingerprint density at radius 1 is 1.12 bits per heavy atom. The standard InChI is InChI=1S/C24H24FN5OS/c1-17(22(31)27-24(16-26)14-6-3-7-15-24)32-23-29-28-21(18-8-4-2-5-9-18)30(23)20-12-10-19(25)11-13-20/h2,4-5,8-13,17H,3,6-7,14-15H2,1H3,(H,27,31). The lowest BCUT2D eigenvalue weighted by Gasteiger charge is -2.32. The van der Waals surface area contributed by atoms with Gasteiger partial charge in [-0.3, -0.25) is 9.36 Å². The summed E-state index contributed by atoms with van der Waals surface area (Å²) in [6.07, 6.45) is 4.32. The van der Waals surface area contributed by atoms with Crippen molar-refractivity contribution in [1.29, 1.82) is 5.26 Å². The van der Waals surface area contributed by atoms with Gasteiger partial charge in [-0.15, -0.1) is 10.2 Å². The van der Waals surface area contributed by atoms with Gasteiger partial charge >= 0.3 is 0 Å². The number of aromatic nitrogens is 3. The molecule has 1 amide bonds. The van der Waals surface area contributed by atoms with E-state index < -0.39 is 10.8 Å². The maximum absolute atomic E-state index is 13.5. The molecule has 4 rings (SSSR count). The summed E-state index contributed by atoms with van der Waals surface area (Å²) in [7, 11) is 0. The minimum atomic E-state index is -0.788. The lowest BCUT2D eigenvalue weighted by Crippen LogP contribution is -2.50. The van der Waals surface area contributed by atoms with E-state index in [0.717, 1.165) is 24.8 Å². The quantitative estimate of drug-likeness (QED) is 0.542. The second-order valence-corrected chi connectivity index (χ2v) is 9.30. The van der Waals surface area contributed by atoms with Crippen LogP contribution in [0.3, 0.4) is 0 Å². The number of nitrogens with one attached hydrogen (secondary N) is 1. The number of carbonyl (C=O) groups is 1. The van der Waals surface area contributed by atoms with E-state index in [1.807, 2.05) is 34.9 Å². The molecule has 32 heavy (non-hydrogen) atoms. The third kappa shape index (κ3) is 4.68. The summed E-state index contributed by atoms with van der Waals surface area (Å²) in [5.74, 6) is 0.0702. The molecule has 1 unspecified atom stereocenters. The van der Waals surface area contributed by atoms with Crippen molar-refractivity contribution in [3.05, 3.63) is 60.4 Å². The van der Waals surface area contributed by atoms with Gasteiger partial charge in [-0.2, -0.15) is 5.26 Å². The summed E-state index contributed by atoms with van der Waals surface area (Å²) in [5, 5.41) is 21.4. The van der Waals surface area contributed by atoms with Crippen LogP contribution in [0.2, 0.25) is 0 Å². The van der Waals surface area contributed by atoms with Crippen LogP contribution in [-0.4, -0.2) is 31.5 Å². The van der Waals surface area contributed by atoms with Crippen molar-refractivity contribution < 1.29 is 9.18 Å². The lowest BCUT2D eigenvalue weighted by atomic mass is 9.83. The number of nitriles is 1. The molecule has 3 aromatic rings. The third-order valence-electron chi connectivity index (χ3n) is 5.69. The van der Waals surface area contributed by atoms with Crippen molar-refractivity contribution in [3.8, 4) is 23.1 Å². The van der Waals surface area contributed by atoms with E-state index in [0.29, 0.717) is 29.5 Å². The monoisotopic (exact) mass is 449 g/mol. The van der Waals surface area contributed by atoms with Gasteiger partial charge in [0.05, 0.1) is 11.3 Å². The van der Waals surface area contributed by atoms with Crippen LogP contribution < -0.4 is 5.32 Å². The summed E-state index contributed by atoms with van der Waals surface area (Å²) >= 11 is 1.26. The fourth-order valence-electron chi connectivity index (χ4n) is 3.91. The van der Waals surface area contributed by atoms with Gasteiger partial charge in [0.25, 0.3) is 0 Å². The molecule has 1 N–H and O–H groups in total. The van der Waals surface area contributed by atoms with Gasteiger partial charge in [-0.05, 0) is 44.0 Å². The number of hydrogen-bond donors (Lipinski definition) is 1. The van der Waals surface area contributed by atoms with Crippen LogP contribution >= 0.6 is 11.8 Å². The Bertz CT molecular complexity index is 1120. The molecule has 1 atom stereocenters. The van der Waals surface area contributed by atoms with Crippen LogP contribution in [0, 0.1) is 17.1 Å². The molecule has 0 aliphatic heterocycles. The Kier molecular flexibility index (Phi) is 6.56. The smallest absolute Gasteiger partial charge is 0.234 e. The molecule has 1 heterocycles. The minimum absolute atomic E-state index is 0.201.